The SMILES string of the molecule is CCNC(=O)NC(=O)C(C)Sc1nc2ccccc2nc1C. The van der Waals surface area contributed by atoms with Crippen molar-refractivity contribution in [1.29, 1.82) is 0 Å². The van der Waals surface area contributed by atoms with Gasteiger partial charge in [0.25, 0.3) is 0 Å². The zero-order valence-corrected chi connectivity index (χ0v) is 13.5. The molecule has 6 nitrogen and oxygen atoms in total. The van der Waals surface area contributed by atoms with E-state index >= 15 is 0 Å². The molecule has 116 valence electrons. The Morgan fingerprint density at radius 3 is 2.50 bits per heavy atom. The molecule has 1 heterocycles. The fourth-order valence-electron chi connectivity index (χ4n) is 1.82. The summed E-state index contributed by atoms with van der Waals surface area (Å²) < 4.78 is 0. The number of urea groups is 1. The number of carbonyl (C=O) groups is 2. The number of thioether (sulfide) groups is 1. The van der Waals surface area contributed by atoms with Crippen LogP contribution < -0.4 is 10.6 Å². The highest BCUT2D eigenvalue weighted by Gasteiger charge is 2.19. The molecule has 2 rings (SSSR count). The Hall–Kier alpha value is -2.15. The van der Waals surface area contributed by atoms with E-state index in [1.807, 2.05) is 31.2 Å². The van der Waals surface area contributed by atoms with Crippen molar-refractivity contribution >= 4 is 34.7 Å². The Balaban J connectivity index is 2.11. The molecule has 2 aromatic rings. The van der Waals surface area contributed by atoms with Crippen molar-refractivity contribution in [1.82, 2.24) is 20.6 Å². The summed E-state index contributed by atoms with van der Waals surface area (Å²) in [5.41, 5.74) is 2.37. The topological polar surface area (TPSA) is 84.0 Å². The second-order valence-electron chi connectivity index (χ2n) is 4.71. The van der Waals surface area contributed by atoms with E-state index in [1.165, 1.54) is 11.8 Å². The summed E-state index contributed by atoms with van der Waals surface area (Å²) in [4.78, 5) is 32.4. The first kappa shape index (κ1) is 16.2. The number of hydrogen-bond acceptors (Lipinski definition) is 5. The van der Waals surface area contributed by atoms with Crippen LogP contribution in [-0.4, -0.2) is 33.7 Å². The summed E-state index contributed by atoms with van der Waals surface area (Å²) in [6.45, 7) is 5.85. The largest absolute Gasteiger partial charge is 0.338 e. The number of para-hydroxylation sites is 2. The van der Waals surface area contributed by atoms with Gasteiger partial charge in [-0.25, -0.2) is 14.8 Å². The van der Waals surface area contributed by atoms with Crippen LogP contribution in [0.4, 0.5) is 4.79 Å². The van der Waals surface area contributed by atoms with E-state index in [4.69, 9.17) is 0 Å². The molecule has 0 saturated heterocycles. The van der Waals surface area contributed by atoms with Gasteiger partial charge in [0.05, 0.1) is 22.0 Å². The first-order valence-corrected chi connectivity index (χ1v) is 7.88. The minimum atomic E-state index is -0.485. The fraction of sp³-hybridized carbons (Fsp3) is 0.333. The van der Waals surface area contributed by atoms with Crippen LogP contribution in [0.25, 0.3) is 11.0 Å². The van der Waals surface area contributed by atoms with Crippen LogP contribution in [0.1, 0.15) is 19.5 Å². The summed E-state index contributed by atoms with van der Waals surface area (Å²) in [6, 6.07) is 7.10. The molecule has 0 fully saturated rings. The lowest BCUT2D eigenvalue weighted by Gasteiger charge is -2.12. The maximum atomic E-state index is 12.0. The molecule has 0 bridgehead atoms. The second kappa shape index (κ2) is 7.22. The average Bonchev–Trinajstić information content (AvgIpc) is 2.48. The van der Waals surface area contributed by atoms with Crippen molar-refractivity contribution < 1.29 is 9.59 Å². The number of imide groups is 1. The summed E-state index contributed by atoms with van der Waals surface area (Å²) in [5, 5.41) is 5.07. The van der Waals surface area contributed by atoms with Crippen molar-refractivity contribution in [3.63, 3.8) is 0 Å². The summed E-state index contributed by atoms with van der Waals surface area (Å²) in [5.74, 6) is -0.356. The molecule has 1 atom stereocenters. The van der Waals surface area contributed by atoms with Crippen LogP contribution in [0, 0.1) is 6.92 Å². The van der Waals surface area contributed by atoms with E-state index in [-0.39, 0.29) is 5.91 Å². The van der Waals surface area contributed by atoms with Crippen molar-refractivity contribution in [2.75, 3.05) is 6.54 Å². The highest BCUT2D eigenvalue weighted by molar-refractivity contribution is 8.00. The van der Waals surface area contributed by atoms with E-state index in [0.29, 0.717) is 11.6 Å². The molecule has 0 saturated carbocycles. The zero-order valence-electron chi connectivity index (χ0n) is 12.7. The number of nitrogens with one attached hydrogen (secondary N) is 2. The quantitative estimate of drug-likeness (QED) is 0.845. The van der Waals surface area contributed by atoms with Crippen molar-refractivity contribution in [2.24, 2.45) is 0 Å². The molecule has 3 amide bonds. The highest BCUT2D eigenvalue weighted by atomic mass is 32.2. The number of carbonyl (C=O) groups excluding carboxylic acids is 2. The number of aryl methyl sites for hydroxylation is 1. The minimum absolute atomic E-state index is 0.356. The van der Waals surface area contributed by atoms with E-state index in [0.717, 1.165) is 16.7 Å². The maximum Gasteiger partial charge on any atom is 0.321 e. The molecule has 22 heavy (non-hydrogen) atoms. The Bertz CT molecular complexity index is 705. The summed E-state index contributed by atoms with van der Waals surface area (Å²) in [7, 11) is 0. The van der Waals surface area contributed by atoms with Crippen molar-refractivity contribution in [3.8, 4) is 0 Å². The lowest BCUT2D eigenvalue weighted by Crippen LogP contribution is -2.42. The smallest absolute Gasteiger partial charge is 0.321 e. The normalized spacial score (nSPS) is 12.0. The van der Waals surface area contributed by atoms with E-state index < -0.39 is 11.3 Å². The Labute approximate surface area is 133 Å². The first-order chi connectivity index (χ1) is 10.5. The van der Waals surface area contributed by atoms with Gasteiger partial charge in [-0.1, -0.05) is 23.9 Å². The maximum absolute atomic E-state index is 12.0. The van der Waals surface area contributed by atoms with Crippen LogP contribution in [0.15, 0.2) is 29.3 Å². The number of benzene rings is 1. The number of fused-ring (bicyclic) bond motifs is 1. The molecule has 0 aliphatic rings. The molecule has 0 aliphatic heterocycles. The van der Waals surface area contributed by atoms with Gasteiger partial charge in [0, 0.05) is 6.54 Å². The third kappa shape index (κ3) is 3.94. The van der Waals surface area contributed by atoms with Crippen LogP contribution in [-0.2, 0) is 4.79 Å². The second-order valence-corrected chi connectivity index (χ2v) is 6.04. The number of nitrogens with zero attached hydrogens (tertiary/aromatic N) is 2. The van der Waals surface area contributed by atoms with Crippen LogP contribution in [0.2, 0.25) is 0 Å². The lowest BCUT2D eigenvalue weighted by atomic mass is 10.3. The molecule has 7 heteroatoms. The van der Waals surface area contributed by atoms with Gasteiger partial charge < -0.3 is 5.32 Å². The van der Waals surface area contributed by atoms with Gasteiger partial charge in [0.2, 0.25) is 5.91 Å². The molecular weight excluding hydrogens is 300 g/mol. The predicted octanol–water partition coefficient (Wildman–Crippen LogP) is 2.26. The Morgan fingerprint density at radius 2 is 1.86 bits per heavy atom. The Morgan fingerprint density at radius 1 is 1.23 bits per heavy atom. The molecule has 2 N–H and O–H groups in total. The van der Waals surface area contributed by atoms with Gasteiger partial charge in [-0.05, 0) is 32.9 Å². The minimum Gasteiger partial charge on any atom is -0.338 e. The molecule has 0 radical (unpaired) electrons. The molecular formula is C15H18N4O2S. The third-order valence-electron chi connectivity index (χ3n) is 2.93. The number of hydrogen-bond donors (Lipinski definition) is 2. The lowest BCUT2D eigenvalue weighted by molar-refractivity contribution is -0.119. The first-order valence-electron chi connectivity index (χ1n) is 7.00. The van der Waals surface area contributed by atoms with Crippen LogP contribution in [0.5, 0.6) is 0 Å². The van der Waals surface area contributed by atoms with Gasteiger partial charge in [0.15, 0.2) is 0 Å². The number of aromatic nitrogens is 2. The Kier molecular flexibility index (Phi) is 5.32. The van der Waals surface area contributed by atoms with Crippen molar-refractivity contribution in [2.45, 2.75) is 31.0 Å². The monoisotopic (exact) mass is 318 g/mol. The predicted molar refractivity (Wildman–Crippen MR) is 86.8 cm³/mol. The van der Waals surface area contributed by atoms with E-state index in [2.05, 4.69) is 20.6 Å². The molecule has 0 aliphatic carbocycles. The molecule has 1 aromatic carbocycles. The summed E-state index contributed by atoms with van der Waals surface area (Å²) >= 11 is 1.29. The van der Waals surface area contributed by atoms with E-state index in [1.54, 1.807) is 13.8 Å². The average molecular weight is 318 g/mol. The number of rotatable bonds is 4. The van der Waals surface area contributed by atoms with E-state index in [9.17, 15) is 9.59 Å². The molecule has 1 aromatic heterocycles. The van der Waals surface area contributed by atoms with Crippen LogP contribution >= 0.6 is 11.8 Å². The van der Waals surface area contributed by atoms with Gasteiger partial charge >= 0.3 is 6.03 Å². The highest BCUT2D eigenvalue weighted by Crippen LogP contribution is 2.25. The number of amides is 3. The van der Waals surface area contributed by atoms with Crippen LogP contribution in [0.3, 0.4) is 0 Å². The zero-order chi connectivity index (χ0) is 16.1. The van der Waals surface area contributed by atoms with Crippen molar-refractivity contribution in [3.05, 3.63) is 30.0 Å². The standard InChI is InChI=1S/C15H18N4O2S/c1-4-16-15(21)19-13(20)10(3)22-14-9(2)17-11-7-5-6-8-12(11)18-14/h5-8,10H,4H2,1-3H3,(H2,16,19,20,21). The summed E-state index contributed by atoms with van der Waals surface area (Å²) in [6.07, 6.45) is 0. The van der Waals surface area contributed by atoms with Gasteiger partial charge in [0.1, 0.15) is 5.03 Å². The van der Waals surface area contributed by atoms with Gasteiger partial charge in [-0.3, -0.25) is 10.1 Å². The molecule has 0 spiro atoms. The van der Waals surface area contributed by atoms with Gasteiger partial charge in [-0.15, -0.1) is 0 Å². The third-order valence-corrected chi connectivity index (χ3v) is 4.11. The van der Waals surface area contributed by atoms with Gasteiger partial charge in [-0.2, -0.15) is 0 Å². The molecule has 1 unspecified atom stereocenters. The fourth-order valence-corrected chi connectivity index (χ4v) is 2.69.